The number of nitriles is 1. The van der Waals surface area contributed by atoms with E-state index in [9.17, 15) is 9.59 Å². The molecule has 0 atom stereocenters. The predicted octanol–water partition coefficient (Wildman–Crippen LogP) is 3.78. The minimum Gasteiger partial charge on any atom is -0.493 e. The summed E-state index contributed by atoms with van der Waals surface area (Å²) in [6, 6.07) is 13.2. The summed E-state index contributed by atoms with van der Waals surface area (Å²) in [5.74, 6) is -0.429. The van der Waals surface area contributed by atoms with Crippen LogP contribution in [0.4, 0.5) is 0 Å². The fraction of sp³-hybridized carbons (Fsp3) is 0.227. The molecule has 2 rings (SSSR count). The fourth-order valence-corrected chi connectivity index (χ4v) is 2.44. The van der Waals surface area contributed by atoms with Gasteiger partial charge in [-0.15, -0.1) is 0 Å². The Labute approximate surface area is 169 Å². The van der Waals surface area contributed by atoms with Crippen LogP contribution in [0, 0.1) is 11.3 Å². The zero-order chi connectivity index (χ0) is 21.2. The third-order valence-electron chi connectivity index (χ3n) is 3.72. The van der Waals surface area contributed by atoms with Crippen LogP contribution in [0.2, 0.25) is 0 Å². The van der Waals surface area contributed by atoms with Crippen LogP contribution in [0.5, 0.6) is 17.2 Å². The highest BCUT2D eigenvalue weighted by Gasteiger charge is 2.17. The third-order valence-corrected chi connectivity index (χ3v) is 3.72. The number of hydrogen-bond acceptors (Lipinski definition) is 7. The maximum atomic E-state index is 12.6. The summed E-state index contributed by atoms with van der Waals surface area (Å²) >= 11 is 0. The van der Waals surface area contributed by atoms with Gasteiger partial charge in [0, 0.05) is 0 Å². The Bertz CT molecular complexity index is 958. The zero-order valence-corrected chi connectivity index (χ0v) is 16.4. The van der Waals surface area contributed by atoms with Crippen LogP contribution in [-0.2, 0) is 9.53 Å². The second-order valence-corrected chi connectivity index (χ2v) is 5.62. The summed E-state index contributed by atoms with van der Waals surface area (Å²) < 4.78 is 21.0. The second-order valence-electron chi connectivity index (χ2n) is 5.62. The molecule has 0 fully saturated rings. The number of carbonyl (C=O) groups is 2. The summed E-state index contributed by atoms with van der Waals surface area (Å²) in [7, 11) is 1.42. The average molecular weight is 395 g/mol. The highest BCUT2D eigenvalue weighted by Crippen LogP contribution is 2.30. The first-order valence-electron chi connectivity index (χ1n) is 8.95. The van der Waals surface area contributed by atoms with E-state index in [-0.39, 0.29) is 29.2 Å². The Morgan fingerprint density at radius 3 is 2.45 bits per heavy atom. The van der Waals surface area contributed by atoms with Gasteiger partial charge < -0.3 is 18.9 Å². The number of ether oxygens (including phenoxy) is 4. The van der Waals surface area contributed by atoms with Crippen molar-refractivity contribution in [3.8, 4) is 23.3 Å². The van der Waals surface area contributed by atoms with E-state index in [1.54, 1.807) is 49.4 Å². The normalized spacial score (nSPS) is 10.6. The molecule has 0 saturated carbocycles. The van der Waals surface area contributed by atoms with E-state index in [4.69, 9.17) is 24.2 Å². The molecule has 0 aliphatic heterocycles. The van der Waals surface area contributed by atoms with Crippen molar-refractivity contribution in [3.05, 3.63) is 59.2 Å². The van der Waals surface area contributed by atoms with E-state index in [1.807, 2.05) is 6.92 Å². The van der Waals surface area contributed by atoms with Crippen LogP contribution < -0.4 is 14.2 Å². The van der Waals surface area contributed by atoms with E-state index < -0.39 is 11.9 Å². The molecule has 0 saturated heterocycles. The molecule has 0 aromatic heterocycles. The number of hydrogen-bond donors (Lipinski definition) is 0. The number of nitrogens with zero attached hydrogens (tertiary/aromatic N) is 1. The van der Waals surface area contributed by atoms with Crippen LogP contribution in [0.25, 0.3) is 6.08 Å². The van der Waals surface area contributed by atoms with Gasteiger partial charge in [-0.25, -0.2) is 9.59 Å². The molecule has 7 nitrogen and oxygen atoms in total. The Morgan fingerprint density at radius 1 is 1.03 bits per heavy atom. The molecular formula is C22H21NO6. The highest BCUT2D eigenvalue weighted by molar-refractivity contribution is 5.98. The van der Waals surface area contributed by atoms with Gasteiger partial charge in [0.15, 0.2) is 11.5 Å². The van der Waals surface area contributed by atoms with Crippen molar-refractivity contribution in [1.29, 1.82) is 5.26 Å². The summed E-state index contributed by atoms with van der Waals surface area (Å²) in [5.41, 5.74) is 0.653. The third kappa shape index (κ3) is 5.59. The van der Waals surface area contributed by atoms with Crippen molar-refractivity contribution < 1.29 is 28.5 Å². The van der Waals surface area contributed by atoms with Crippen molar-refractivity contribution in [2.45, 2.75) is 13.8 Å². The van der Waals surface area contributed by atoms with E-state index in [0.29, 0.717) is 17.9 Å². The molecule has 0 unspecified atom stereocenters. The van der Waals surface area contributed by atoms with Crippen molar-refractivity contribution in [3.63, 3.8) is 0 Å². The topological polar surface area (TPSA) is 94.9 Å². The smallest absolute Gasteiger partial charge is 0.348 e. The van der Waals surface area contributed by atoms with Gasteiger partial charge in [-0.1, -0.05) is 18.2 Å². The van der Waals surface area contributed by atoms with Gasteiger partial charge in [-0.05, 0) is 49.8 Å². The van der Waals surface area contributed by atoms with E-state index in [2.05, 4.69) is 0 Å². The lowest BCUT2D eigenvalue weighted by Crippen LogP contribution is -2.11. The standard InChI is InChI=1S/C22H21NO6/c1-4-27-18-9-7-6-8-17(18)22(25)29-19-11-10-15(13-20(19)26-3)12-16(14-23)21(24)28-5-2/h6-13H,4-5H2,1-3H3/b16-12+. The van der Waals surface area contributed by atoms with E-state index in [0.717, 1.165) is 0 Å². The van der Waals surface area contributed by atoms with Gasteiger partial charge in [-0.3, -0.25) is 0 Å². The van der Waals surface area contributed by atoms with Crippen LogP contribution in [0.15, 0.2) is 48.0 Å². The Hall–Kier alpha value is -3.79. The van der Waals surface area contributed by atoms with E-state index in [1.165, 1.54) is 19.3 Å². The summed E-state index contributed by atoms with van der Waals surface area (Å²) in [5, 5.41) is 9.15. The zero-order valence-electron chi connectivity index (χ0n) is 16.4. The molecule has 0 heterocycles. The minimum atomic E-state index is -0.711. The molecule has 0 aliphatic carbocycles. The quantitative estimate of drug-likeness (QED) is 0.290. The predicted molar refractivity (Wildman–Crippen MR) is 106 cm³/mol. The van der Waals surface area contributed by atoms with Gasteiger partial charge in [-0.2, -0.15) is 5.26 Å². The molecule has 0 spiro atoms. The van der Waals surface area contributed by atoms with Crippen molar-refractivity contribution >= 4 is 18.0 Å². The maximum Gasteiger partial charge on any atom is 0.348 e. The molecule has 7 heteroatoms. The van der Waals surface area contributed by atoms with Gasteiger partial charge >= 0.3 is 11.9 Å². The molecular weight excluding hydrogens is 374 g/mol. The number of benzene rings is 2. The Morgan fingerprint density at radius 2 is 1.79 bits per heavy atom. The summed E-state index contributed by atoms with van der Waals surface area (Å²) in [4.78, 5) is 24.3. The first-order valence-corrected chi connectivity index (χ1v) is 8.95. The average Bonchev–Trinajstić information content (AvgIpc) is 2.73. The number of rotatable bonds is 8. The molecule has 2 aromatic rings. The number of methoxy groups -OCH3 is 1. The van der Waals surface area contributed by atoms with Gasteiger partial charge in [0.1, 0.15) is 23.0 Å². The SMILES string of the molecule is CCOC(=O)/C(C#N)=C/c1ccc(OC(=O)c2ccccc2OCC)c(OC)c1. The summed E-state index contributed by atoms with van der Waals surface area (Å²) in [6.07, 6.45) is 1.37. The molecule has 0 aliphatic rings. The molecule has 150 valence electrons. The lowest BCUT2D eigenvalue weighted by molar-refractivity contribution is -0.137. The van der Waals surface area contributed by atoms with Gasteiger partial charge in [0.2, 0.25) is 0 Å². The minimum absolute atomic E-state index is 0.149. The number of carbonyl (C=O) groups excluding carboxylic acids is 2. The molecule has 2 aromatic carbocycles. The Balaban J connectivity index is 2.29. The molecule has 0 N–H and O–H groups in total. The molecule has 0 radical (unpaired) electrons. The first-order chi connectivity index (χ1) is 14.0. The summed E-state index contributed by atoms with van der Waals surface area (Å²) in [6.45, 7) is 4.06. The Kier molecular flexibility index (Phi) is 7.80. The second kappa shape index (κ2) is 10.5. The fourth-order valence-electron chi connectivity index (χ4n) is 2.44. The lowest BCUT2D eigenvalue weighted by Gasteiger charge is -2.12. The number of para-hydroxylation sites is 1. The number of esters is 2. The first kappa shape index (κ1) is 21.5. The van der Waals surface area contributed by atoms with Crippen LogP contribution in [0.1, 0.15) is 29.8 Å². The van der Waals surface area contributed by atoms with Gasteiger partial charge in [0.25, 0.3) is 0 Å². The molecule has 0 bridgehead atoms. The van der Waals surface area contributed by atoms with Gasteiger partial charge in [0.05, 0.1) is 20.3 Å². The van der Waals surface area contributed by atoms with Crippen LogP contribution in [0.3, 0.4) is 0 Å². The lowest BCUT2D eigenvalue weighted by atomic mass is 10.1. The molecule has 0 amide bonds. The monoisotopic (exact) mass is 395 g/mol. The maximum absolute atomic E-state index is 12.6. The van der Waals surface area contributed by atoms with E-state index >= 15 is 0 Å². The van der Waals surface area contributed by atoms with Crippen molar-refractivity contribution in [2.24, 2.45) is 0 Å². The van der Waals surface area contributed by atoms with Crippen molar-refractivity contribution in [2.75, 3.05) is 20.3 Å². The van der Waals surface area contributed by atoms with Crippen LogP contribution in [-0.4, -0.2) is 32.3 Å². The van der Waals surface area contributed by atoms with Crippen molar-refractivity contribution in [1.82, 2.24) is 0 Å². The van der Waals surface area contributed by atoms with Crippen LogP contribution >= 0.6 is 0 Å². The highest BCUT2D eigenvalue weighted by atomic mass is 16.6. The largest absolute Gasteiger partial charge is 0.493 e. The molecule has 29 heavy (non-hydrogen) atoms.